The van der Waals surface area contributed by atoms with Gasteiger partial charge in [0.25, 0.3) is 0 Å². The molecule has 1 aromatic heterocycles. The molecule has 0 saturated carbocycles. The Labute approximate surface area is 118 Å². The van der Waals surface area contributed by atoms with E-state index >= 15 is 0 Å². The number of aryl methyl sites for hydroxylation is 1. The molecule has 0 unspecified atom stereocenters. The maximum Gasteiger partial charge on any atom is 0.240 e. The Balaban J connectivity index is 2.18. The van der Waals surface area contributed by atoms with Crippen molar-refractivity contribution in [1.29, 1.82) is 0 Å². The molecule has 1 aromatic carbocycles. The maximum absolute atomic E-state index is 13.3. The van der Waals surface area contributed by atoms with Crippen molar-refractivity contribution in [3.8, 4) is 0 Å². The van der Waals surface area contributed by atoms with Gasteiger partial charge >= 0.3 is 0 Å². The highest BCUT2D eigenvalue weighted by Crippen LogP contribution is 2.19. The molecule has 5 nitrogen and oxygen atoms in total. The lowest BCUT2D eigenvalue weighted by Gasteiger charge is -2.06. The van der Waals surface area contributed by atoms with Crippen molar-refractivity contribution in [2.24, 2.45) is 0 Å². The van der Waals surface area contributed by atoms with E-state index < -0.39 is 15.8 Å². The number of benzene rings is 1. The van der Waals surface area contributed by atoms with E-state index in [1.54, 1.807) is 13.1 Å². The molecule has 0 saturated heterocycles. The quantitative estimate of drug-likeness (QED) is 0.889. The number of nitrogens with zero attached hydrogens (tertiary/aromatic N) is 1. The fraction of sp³-hybridized carbons (Fsp3) is 0.182. The predicted molar refractivity (Wildman–Crippen MR) is 71.5 cm³/mol. The molecule has 19 heavy (non-hydrogen) atoms. The zero-order valence-electron chi connectivity index (χ0n) is 9.94. The first-order valence-electron chi connectivity index (χ1n) is 5.34. The van der Waals surface area contributed by atoms with Crippen LogP contribution in [-0.2, 0) is 16.6 Å². The van der Waals surface area contributed by atoms with Gasteiger partial charge in [-0.15, -0.1) is 0 Å². The van der Waals surface area contributed by atoms with Gasteiger partial charge in [-0.05, 0) is 41.1 Å². The van der Waals surface area contributed by atoms with Crippen molar-refractivity contribution in [3.05, 3.63) is 45.9 Å². The van der Waals surface area contributed by atoms with Gasteiger partial charge < -0.3 is 0 Å². The fourth-order valence-electron chi connectivity index (χ4n) is 1.45. The number of aromatic nitrogens is 2. The smallest absolute Gasteiger partial charge is 0.240 e. The number of hydrogen-bond acceptors (Lipinski definition) is 3. The molecule has 0 radical (unpaired) electrons. The molecule has 8 heteroatoms. The second-order valence-electron chi connectivity index (χ2n) is 3.92. The topological polar surface area (TPSA) is 74.8 Å². The summed E-state index contributed by atoms with van der Waals surface area (Å²) in [4.78, 5) is -0.116. The summed E-state index contributed by atoms with van der Waals surface area (Å²) in [5.74, 6) is -0.623. The number of rotatable bonds is 4. The van der Waals surface area contributed by atoms with Crippen molar-refractivity contribution >= 4 is 26.0 Å². The minimum Gasteiger partial charge on any atom is -0.283 e. The number of sulfonamides is 1. The number of halogens is 2. The van der Waals surface area contributed by atoms with Crippen LogP contribution in [0.1, 0.15) is 11.3 Å². The van der Waals surface area contributed by atoms with Gasteiger partial charge in [0.2, 0.25) is 10.0 Å². The molecule has 0 aliphatic heterocycles. The van der Waals surface area contributed by atoms with E-state index in [1.165, 1.54) is 12.1 Å². The third-order valence-electron chi connectivity index (χ3n) is 2.59. The van der Waals surface area contributed by atoms with E-state index in [0.29, 0.717) is 0 Å². The lowest BCUT2D eigenvalue weighted by molar-refractivity contribution is 0.576. The summed E-state index contributed by atoms with van der Waals surface area (Å²) in [5.41, 5.74) is 1.52. The number of hydrogen-bond donors (Lipinski definition) is 2. The zero-order valence-corrected chi connectivity index (χ0v) is 12.3. The first-order chi connectivity index (χ1) is 8.90. The highest BCUT2D eigenvalue weighted by Gasteiger charge is 2.16. The molecular formula is C11H11BrFN3O2S. The summed E-state index contributed by atoms with van der Waals surface area (Å²) in [5, 5.41) is 6.51. The molecule has 2 rings (SSSR count). The van der Waals surface area contributed by atoms with E-state index in [1.807, 2.05) is 0 Å². The van der Waals surface area contributed by atoms with Crippen molar-refractivity contribution in [2.75, 3.05) is 0 Å². The Hall–Kier alpha value is -1.25. The Morgan fingerprint density at radius 2 is 2.21 bits per heavy atom. The molecule has 0 atom stereocenters. The number of nitrogens with one attached hydrogen (secondary N) is 2. The average Bonchev–Trinajstić information content (AvgIpc) is 2.76. The summed E-state index contributed by atoms with van der Waals surface area (Å²) in [6.45, 7) is 1.89. The largest absolute Gasteiger partial charge is 0.283 e. The summed E-state index contributed by atoms with van der Waals surface area (Å²) < 4.78 is 39.9. The van der Waals surface area contributed by atoms with E-state index in [0.717, 1.165) is 17.3 Å². The lowest BCUT2D eigenvalue weighted by atomic mass is 10.3. The van der Waals surface area contributed by atoms with Crippen molar-refractivity contribution < 1.29 is 12.8 Å². The third kappa shape index (κ3) is 3.20. The normalized spacial score (nSPS) is 11.7. The van der Waals surface area contributed by atoms with Crippen LogP contribution in [-0.4, -0.2) is 18.6 Å². The van der Waals surface area contributed by atoms with Crippen LogP contribution in [0.3, 0.4) is 0 Å². The molecule has 102 valence electrons. The summed E-state index contributed by atoms with van der Waals surface area (Å²) >= 11 is 2.97. The Morgan fingerprint density at radius 3 is 2.79 bits per heavy atom. The fourth-order valence-corrected chi connectivity index (χ4v) is 2.72. The van der Waals surface area contributed by atoms with E-state index in [-0.39, 0.29) is 15.9 Å². The second-order valence-corrected chi connectivity index (χ2v) is 6.54. The van der Waals surface area contributed by atoms with E-state index in [9.17, 15) is 12.8 Å². The van der Waals surface area contributed by atoms with Gasteiger partial charge in [-0.2, -0.15) is 5.10 Å². The molecule has 2 aromatic rings. The molecule has 0 spiro atoms. The van der Waals surface area contributed by atoms with Crippen LogP contribution >= 0.6 is 15.9 Å². The molecular weight excluding hydrogens is 337 g/mol. The van der Waals surface area contributed by atoms with Crippen LogP contribution in [0.5, 0.6) is 0 Å². The third-order valence-corrected chi connectivity index (χ3v) is 4.63. The highest BCUT2D eigenvalue weighted by atomic mass is 79.9. The number of H-pyrrole nitrogens is 1. The van der Waals surface area contributed by atoms with Crippen molar-refractivity contribution in [3.63, 3.8) is 0 Å². The molecule has 0 bridgehead atoms. The van der Waals surface area contributed by atoms with Gasteiger partial charge in [0, 0.05) is 17.8 Å². The first-order valence-corrected chi connectivity index (χ1v) is 7.61. The van der Waals surface area contributed by atoms with Gasteiger partial charge in [-0.3, -0.25) is 5.10 Å². The molecule has 0 amide bonds. The van der Waals surface area contributed by atoms with Crippen LogP contribution in [0.4, 0.5) is 4.39 Å². The monoisotopic (exact) mass is 347 g/mol. The van der Waals surface area contributed by atoms with Gasteiger partial charge in [-0.1, -0.05) is 0 Å². The number of aromatic amines is 1. The molecule has 1 heterocycles. The minimum absolute atomic E-state index is 0.0996. The van der Waals surface area contributed by atoms with Gasteiger partial charge in [0.15, 0.2) is 0 Å². The predicted octanol–water partition coefficient (Wildman–Crippen LogP) is 2.10. The SMILES string of the molecule is Cc1[nH]ncc1CNS(=O)(=O)c1ccc(Br)c(F)c1. The Morgan fingerprint density at radius 1 is 1.47 bits per heavy atom. The summed E-state index contributed by atoms with van der Waals surface area (Å²) in [6, 6.07) is 3.65. The van der Waals surface area contributed by atoms with E-state index in [4.69, 9.17) is 0 Å². The standard InChI is InChI=1S/C11H11BrFN3O2S/c1-7-8(5-14-16-7)6-15-19(17,18)9-2-3-10(12)11(13)4-9/h2-5,15H,6H2,1H3,(H,14,16). The van der Waals surface area contributed by atoms with Crippen molar-refractivity contribution in [2.45, 2.75) is 18.4 Å². The highest BCUT2D eigenvalue weighted by molar-refractivity contribution is 9.10. The first kappa shape index (κ1) is 14.2. The van der Waals surface area contributed by atoms with Gasteiger partial charge in [-0.25, -0.2) is 17.5 Å². The van der Waals surface area contributed by atoms with Crippen LogP contribution in [0, 0.1) is 12.7 Å². The van der Waals surface area contributed by atoms with Gasteiger partial charge in [0.05, 0.1) is 15.6 Å². The lowest BCUT2D eigenvalue weighted by Crippen LogP contribution is -2.23. The van der Waals surface area contributed by atoms with Crippen molar-refractivity contribution in [1.82, 2.24) is 14.9 Å². The minimum atomic E-state index is -3.74. The maximum atomic E-state index is 13.3. The zero-order chi connectivity index (χ0) is 14.0. The molecule has 0 aliphatic rings. The summed E-state index contributed by atoms with van der Waals surface area (Å²) in [7, 11) is -3.74. The van der Waals surface area contributed by atoms with Crippen LogP contribution in [0.15, 0.2) is 33.8 Å². The van der Waals surface area contributed by atoms with Crippen LogP contribution < -0.4 is 4.72 Å². The average molecular weight is 348 g/mol. The Bertz CT molecular complexity index is 700. The second kappa shape index (κ2) is 5.40. The van der Waals surface area contributed by atoms with Crippen LogP contribution in [0.25, 0.3) is 0 Å². The van der Waals surface area contributed by atoms with Gasteiger partial charge in [0.1, 0.15) is 5.82 Å². The summed E-state index contributed by atoms with van der Waals surface area (Å²) in [6.07, 6.45) is 1.54. The molecule has 2 N–H and O–H groups in total. The Kier molecular flexibility index (Phi) is 4.02. The molecule has 0 fully saturated rings. The van der Waals surface area contributed by atoms with Crippen LogP contribution in [0.2, 0.25) is 0 Å². The molecule has 0 aliphatic carbocycles. The van der Waals surface area contributed by atoms with E-state index in [2.05, 4.69) is 30.8 Å².